The van der Waals surface area contributed by atoms with E-state index in [2.05, 4.69) is 19.6 Å². The molecule has 0 spiro atoms. The number of carbonyl (C=O) groups excluding carboxylic acids is 1. The van der Waals surface area contributed by atoms with E-state index in [1.165, 1.54) is 0 Å². The van der Waals surface area contributed by atoms with E-state index >= 15 is 0 Å². The molecule has 1 aliphatic heterocycles. The van der Waals surface area contributed by atoms with Gasteiger partial charge in [-0.1, -0.05) is 19.6 Å². The Bertz CT molecular complexity index is 290. The van der Waals surface area contributed by atoms with E-state index in [-0.39, 0.29) is 11.9 Å². The summed E-state index contributed by atoms with van der Waals surface area (Å²) >= 11 is 0. The smallest absolute Gasteiger partial charge is 0.334 e. The maximum absolute atomic E-state index is 11.2. The summed E-state index contributed by atoms with van der Waals surface area (Å²) in [5.41, 5.74) is 0.211. The second kappa shape index (κ2) is 2.00. The van der Waals surface area contributed by atoms with Gasteiger partial charge in [0.25, 0.3) is 0 Å². The summed E-state index contributed by atoms with van der Waals surface area (Å²) in [6.07, 6.45) is 4.06. The summed E-state index contributed by atoms with van der Waals surface area (Å²) in [5.74, 6) is 0.289. The minimum absolute atomic E-state index is 0.157. The first kappa shape index (κ1) is 7.59. The van der Waals surface area contributed by atoms with Crippen LogP contribution in [0.5, 0.6) is 0 Å². The largest absolute Gasteiger partial charge is 0.451 e. The summed E-state index contributed by atoms with van der Waals surface area (Å²) < 4.78 is 5.23. The Labute approximate surface area is 71.9 Å². The molecule has 2 nitrogen and oxygen atoms in total. The lowest BCUT2D eigenvalue weighted by molar-refractivity contribution is -0.142. The molecule has 0 bridgehead atoms. The van der Waals surface area contributed by atoms with Crippen LogP contribution in [0.4, 0.5) is 0 Å². The Morgan fingerprint density at radius 1 is 1.67 bits per heavy atom. The molecule has 2 heteroatoms. The molecule has 0 amide bonds. The van der Waals surface area contributed by atoms with Gasteiger partial charge in [-0.2, -0.15) is 0 Å². The second-order valence-corrected chi connectivity index (χ2v) is 3.79. The zero-order valence-electron chi connectivity index (χ0n) is 7.33. The Morgan fingerprint density at radius 3 is 2.92 bits per heavy atom. The molecule has 1 fully saturated rings. The van der Waals surface area contributed by atoms with Crippen LogP contribution in [0.25, 0.3) is 0 Å². The number of ether oxygens (including phenoxy) is 1. The average Bonchev–Trinajstić information content (AvgIpc) is 2.36. The highest BCUT2D eigenvalue weighted by Gasteiger charge is 2.51. The Balaban J connectivity index is 2.43. The minimum atomic E-state index is -0.409. The molecule has 1 saturated heterocycles. The fourth-order valence-electron chi connectivity index (χ4n) is 2.23. The summed E-state index contributed by atoms with van der Waals surface area (Å²) in [5, 5.41) is 0. The number of carbonyl (C=O) groups is 1. The van der Waals surface area contributed by atoms with Gasteiger partial charge in [-0.3, -0.25) is 0 Å². The second-order valence-electron chi connectivity index (χ2n) is 3.79. The van der Waals surface area contributed by atoms with Gasteiger partial charge in [-0.05, 0) is 18.9 Å². The van der Waals surface area contributed by atoms with Crippen molar-refractivity contribution in [2.75, 3.05) is 0 Å². The molecule has 0 aromatic rings. The first-order valence-corrected chi connectivity index (χ1v) is 4.16. The van der Waals surface area contributed by atoms with Crippen molar-refractivity contribution in [1.29, 1.82) is 0 Å². The highest BCUT2D eigenvalue weighted by molar-refractivity contribution is 5.92. The van der Waals surface area contributed by atoms with Crippen molar-refractivity contribution in [3.8, 4) is 0 Å². The van der Waals surface area contributed by atoms with Crippen molar-refractivity contribution in [2.45, 2.75) is 19.4 Å². The Morgan fingerprint density at radius 2 is 2.33 bits per heavy atom. The van der Waals surface area contributed by atoms with Crippen molar-refractivity contribution >= 4 is 5.97 Å². The number of rotatable bonds is 0. The third-order valence-electron chi connectivity index (χ3n) is 2.82. The van der Waals surface area contributed by atoms with Gasteiger partial charge in [0, 0.05) is 11.5 Å². The fourth-order valence-corrected chi connectivity index (χ4v) is 2.23. The van der Waals surface area contributed by atoms with Crippen LogP contribution in [-0.4, -0.2) is 11.6 Å². The molecule has 1 heterocycles. The molecular weight excluding hydrogens is 152 g/mol. The molecule has 0 radical (unpaired) electrons. The van der Waals surface area contributed by atoms with Gasteiger partial charge in [0.05, 0.1) is 0 Å². The van der Waals surface area contributed by atoms with Crippen molar-refractivity contribution in [2.24, 2.45) is 11.8 Å². The monoisotopic (exact) mass is 164 g/mol. The van der Waals surface area contributed by atoms with Crippen molar-refractivity contribution in [3.05, 3.63) is 24.3 Å². The molecule has 0 aromatic carbocycles. The van der Waals surface area contributed by atoms with E-state index in [9.17, 15) is 4.79 Å². The van der Waals surface area contributed by atoms with Gasteiger partial charge >= 0.3 is 5.97 Å². The van der Waals surface area contributed by atoms with Crippen LogP contribution >= 0.6 is 0 Å². The number of hydrogen-bond acceptors (Lipinski definition) is 2. The minimum Gasteiger partial charge on any atom is -0.451 e. The molecule has 3 atom stereocenters. The van der Waals surface area contributed by atoms with Crippen LogP contribution in [0.1, 0.15) is 13.8 Å². The number of fused-ring (bicyclic) bond motifs is 1. The van der Waals surface area contributed by atoms with Crippen molar-refractivity contribution < 1.29 is 9.53 Å². The predicted molar refractivity (Wildman–Crippen MR) is 45.4 cm³/mol. The van der Waals surface area contributed by atoms with Crippen LogP contribution in [0.3, 0.4) is 0 Å². The first-order valence-electron chi connectivity index (χ1n) is 4.16. The third kappa shape index (κ3) is 0.724. The summed E-state index contributed by atoms with van der Waals surface area (Å²) in [6.45, 7) is 7.78. The lowest BCUT2D eigenvalue weighted by atomic mass is 9.84. The number of hydrogen-bond donors (Lipinski definition) is 0. The zero-order valence-corrected chi connectivity index (χ0v) is 7.33. The van der Waals surface area contributed by atoms with Crippen molar-refractivity contribution in [3.63, 3.8) is 0 Å². The molecule has 1 aliphatic carbocycles. The molecule has 0 N–H and O–H groups in total. The molecule has 12 heavy (non-hydrogen) atoms. The standard InChI is InChI=1S/C10H12O2/c1-6-4-5-10(3)8(6)7(2)9(11)12-10/h4-6,8H,2H2,1,3H3/t6-,8-,10-/m0/s1. The lowest BCUT2D eigenvalue weighted by Gasteiger charge is -2.22. The van der Waals surface area contributed by atoms with Gasteiger partial charge in [0.15, 0.2) is 0 Å². The molecule has 0 unspecified atom stereocenters. The maximum Gasteiger partial charge on any atom is 0.334 e. The fraction of sp³-hybridized carbons (Fsp3) is 0.500. The quantitative estimate of drug-likeness (QED) is 0.309. The molecule has 0 aromatic heterocycles. The lowest BCUT2D eigenvalue weighted by Crippen LogP contribution is -2.28. The summed E-state index contributed by atoms with van der Waals surface area (Å²) in [7, 11) is 0. The number of allylic oxidation sites excluding steroid dienone is 1. The van der Waals surface area contributed by atoms with Gasteiger partial charge < -0.3 is 4.74 Å². The van der Waals surface area contributed by atoms with Gasteiger partial charge in [-0.15, -0.1) is 0 Å². The number of esters is 1. The third-order valence-corrected chi connectivity index (χ3v) is 2.82. The SMILES string of the molecule is C=C1C(=O)O[C@@]2(C)C=C[C@H](C)[C@@H]12. The molecule has 0 saturated carbocycles. The summed E-state index contributed by atoms with van der Waals surface area (Å²) in [4.78, 5) is 11.2. The van der Waals surface area contributed by atoms with Crippen molar-refractivity contribution in [1.82, 2.24) is 0 Å². The molecular formula is C10H12O2. The maximum atomic E-state index is 11.2. The van der Waals surface area contributed by atoms with E-state index in [0.717, 1.165) is 0 Å². The van der Waals surface area contributed by atoms with E-state index in [1.54, 1.807) is 0 Å². The molecule has 64 valence electrons. The molecule has 2 aliphatic rings. The topological polar surface area (TPSA) is 26.3 Å². The van der Waals surface area contributed by atoms with E-state index in [0.29, 0.717) is 11.5 Å². The van der Waals surface area contributed by atoms with Crippen LogP contribution in [0, 0.1) is 11.8 Å². The average molecular weight is 164 g/mol. The Kier molecular flexibility index (Phi) is 1.27. The van der Waals surface area contributed by atoms with E-state index in [1.807, 2.05) is 13.0 Å². The summed E-state index contributed by atoms with van der Waals surface area (Å²) in [6, 6.07) is 0. The molecule has 2 rings (SSSR count). The zero-order chi connectivity index (χ0) is 8.93. The first-order chi connectivity index (χ1) is 5.54. The van der Waals surface area contributed by atoms with Crippen LogP contribution in [0.15, 0.2) is 24.3 Å². The Hall–Kier alpha value is -1.05. The normalized spacial score (nSPS) is 44.8. The van der Waals surface area contributed by atoms with Crippen LogP contribution in [0.2, 0.25) is 0 Å². The highest BCUT2D eigenvalue weighted by Crippen LogP contribution is 2.46. The van der Waals surface area contributed by atoms with Crippen LogP contribution < -0.4 is 0 Å². The predicted octanol–water partition coefficient (Wildman–Crippen LogP) is 1.68. The highest BCUT2D eigenvalue weighted by atomic mass is 16.6. The van der Waals surface area contributed by atoms with Gasteiger partial charge in [0.1, 0.15) is 5.60 Å². The van der Waals surface area contributed by atoms with E-state index in [4.69, 9.17) is 4.74 Å². The van der Waals surface area contributed by atoms with Gasteiger partial charge in [0.2, 0.25) is 0 Å². The van der Waals surface area contributed by atoms with Crippen LogP contribution in [-0.2, 0) is 9.53 Å². The van der Waals surface area contributed by atoms with E-state index < -0.39 is 5.60 Å². The van der Waals surface area contributed by atoms with Gasteiger partial charge in [-0.25, -0.2) is 4.79 Å².